The number of carboxylic acid groups (broad SMARTS) is 1. The molecule has 2 atom stereocenters. The Morgan fingerprint density at radius 1 is 1.21 bits per heavy atom. The number of anilines is 2. The van der Waals surface area contributed by atoms with Gasteiger partial charge in [-0.25, -0.2) is 22.4 Å². The number of nitrogens with two attached hydrogens (primary N) is 1. The minimum absolute atomic E-state index is 0.0726. The topological polar surface area (TPSA) is 110 Å². The van der Waals surface area contributed by atoms with Crippen LogP contribution in [0.25, 0.3) is 16.6 Å². The third-order valence-corrected chi connectivity index (χ3v) is 5.99. The summed E-state index contributed by atoms with van der Waals surface area (Å²) in [6, 6.07) is 2.03. The first-order valence-electron chi connectivity index (χ1n) is 10.1. The minimum atomic E-state index is -1.72. The Morgan fingerprint density at radius 2 is 1.91 bits per heavy atom. The highest BCUT2D eigenvalue weighted by atomic mass is 19.1. The Labute approximate surface area is 190 Å². The van der Waals surface area contributed by atoms with Gasteiger partial charge in [0.1, 0.15) is 22.9 Å². The molecule has 34 heavy (non-hydrogen) atoms. The Morgan fingerprint density at radius 3 is 2.47 bits per heavy atom. The van der Waals surface area contributed by atoms with Gasteiger partial charge in [-0.3, -0.25) is 4.79 Å². The molecule has 2 heterocycles. The Bertz CT molecular complexity index is 1370. The van der Waals surface area contributed by atoms with E-state index in [4.69, 9.17) is 10.5 Å². The van der Waals surface area contributed by atoms with Gasteiger partial charge in [0.25, 0.3) is 0 Å². The Hall–Kier alpha value is -3.64. The number of ether oxygens (including phenoxy) is 1. The number of likely N-dealkylation sites (N-methyl/N-ethyl adjacent to an activating group) is 1. The fourth-order valence-corrected chi connectivity index (χ4v) is 4.30. The van der Waals surface area contributed by atoms with Crippen molar-refractivity contribution in [1.82, 2.24) is 9.88 Å². The predicted molar refractivity (Wildman–Crippen MR) is 117 cm³/mol. The monoisotopic (exact) mass is 480 g/mol. The molecule has 1 aliphatic rings. The molecule has 2 aromatic carbocycles. The summed E-state index contributed by atoms with van der Waals surface area (Å²) in [4.78, 5) is 25.8. The van der Waals surface area contributed by atoms with Crippen molar-refractivity contribution in [2.45, 2.75) is 12.1 Å². The molecule has 4 N–H and O–H groups in total. The number of hydrogen-bond acceptors (Lipinski definition) is 6. The van der Waals surface area contributed by atoms with Crippen molar-refractivity contribution in [2.75, 3.05) is 37.9 Å². The fourth-order valence-electron chi connectivity index (χ4n) is 4.30. The summed E-state index contributed by atoms with van der Waals surface area (Å²) in [5.41, 5.74) is 1.27. The van der Waals surface area contributed by atoms with Gasteiger partial charge in [-0.15, -0.1) is 0 Å². The summed E-state index contributed by atoms with van der Waals surface area (Å²) >= 11 is 0. The number of fused-ring (bicyclic) bond motifs is 1. The van der Waals surface area contributed by atoms with Crippen molar-refractivity contribution < 1.29 is 32.2 Å². The second-order valence-corrected chi connectivity index (χ2v) is 7.83. The summed E-state index contributed by atoms with van der Waals surface area (Å²) in [7, 11) is 3.10. The van der Waals surface area contributed by atoms with E-state index in [9.17, 15) is 23.5 Å². The highest BCUT2D eigenvalue weighted by molar-refractivity contribution is 6.00. The largest absolute Gasteiger partial charge is 0.477 e. The lowest BCUT2D eigenvalue weighted by Crippen LogP contribution is -2.37. The molecular weight excluding hydrogens is 460 g/mol. The van der Waals surface area contributed by atoms with Crippen LogP contribution in [0.5, 0.6) is 0 Å². The Kier molecular flexibility index (Phi) is 5.96. The first-order chi connectivity index (χ1) is 16.1. The molecule has 12 heteroatoms. The third kappa shape index (κ3) is 3.55. The quantitative estimate of drug-likeness (QED) is 0.380. The fraction of sp³-hybridized carbons (Fsp3) is 0.273. The summed E-state index contributed by atoms with van der Waals surface area (Å²) in [5, 5.41) is 11.7. The second-order valence-electron chi connectivity index (χ2n) is 7.83. The van der Waals surface area contributed by atoms with Crippen molar-refractivity contribution in [2.24, 2.45) is 0 Å². The molecule has 0 bridgehead atoms. The second kappa shape index (κ2) is 8.61. The van der Waals surface area contributed by atoms with Gasteiger partial charge in [-0.1, -0.05) is 0 Å². The average Bonchev–Trinajstić information content (AvgIpc) is 3.20. The van der Waals surface area contributed by atoms with Gasteiger partial charge in [-0.05, 0) is 19.2 Å². The van der Waals surface area contributed by atoms with Crippen molar-refractivity contribution in [1.29, 1.82) is 0 Å². The molecule has 3 aromatic rings. The van der Waals surface area contributed by atoms with Gasteiger partial charge in [0.15, 0.2) is 11.6 Å². The van der Waals surface area contributed by atoms with Gasteiger partial charge in [0.05, 0.1) is 34.4 Å². The SMILES string of the molecule is CN[C@H]1CN(c2c(F)c(N)c3c(=O)c(C(=O)O)cn(-c4ccc(F)cc4F)c3c2F)C[C@H]1OC. The van der Waals surface area contributed by atoms with Gasteiger partial charge in [0.2, 0.25) is 5.43 Å². The van der Waals surface area contributed by atoms with Crippen molar-refractivity contribution >= 4 is 28.2 Å². The zero-order valence-corrected chi connectivity index (χ0v) is 18.0. The summed E-state index contributed by atoms with van der Waals surface area (Å²) in [6.07, 6.45) is 0.276. The maximum Gasteiger partial charge on any atom is 0.341 e. The summed E-state index contributed by atoms with van der Waals surface area (Å²) in [6.45, 7) is 0.194. The van der Waals surface area contributed by atoms with E-state index in [1.165, 1.54) is 12.0 Å². The smallest absolute Gasteiger partial charge is 0.341 e. The first kappa shape index (κ1) is 23.5. The molecular formula is C22H20F4N4O4. The van der Waals surface area contributed by atoms with E-state index < -0.39 is 74.3 Å². The van der Waals surface area contributed by atoms with Crippen LogP contribution in [0.1, 0.15) is 10.4 Å². The number of rotatable bonds is 5. The molecule has 0 saturated carbocycles. The molecule has 1 saturated heterocycles. The van der Waals surface area contributed by atoms with Crippen LogP contribution in [0.4, 0.5) is 28.9 Å². The maximum atomic E-state index is 16.0. The van der Waals surface area contributed by atoms with Crippen LogP contribution in [0.3, 0.4) is 0 Å². The zero-order valence-electron chi connectivity index (χ0n) is 18.0. The number of aromatic carboxylic acids is 1. The highest BCUT2D eigenvalue weighted by Crippen LogP contribution is 2.38. The van der Waals surface area contributed by atoms with Gasteiger partial charge in [0, 0.05) is 32.5 Å². The molecule has 8 nitrogen and oxygen atoms in total. The number of nitrogen functional groups attached to an aromatic ring is 1. The van der Waals surface area contributed by atoms with E-state index >= 15 is 8.78 Å². The Balaban J connectivity index is 2.11. The lowest BCUT2D eigenvalue weighted by molar-refractivity contribution is 0.0695. The van der Waals surface area contributed by atoms with E-state index in [-0.39, 0.29) is 19.1 Å². The van der Waals surface area contributed by atoms with E-state index in [1.807, 2.05) is 0 Å². The third-order valence-electron chi connectivity index (χ3n) is 5.99. The van der Waals surface area contributed by atoms with Crippen molar-refractivity contribution in [3.63, 3.8) is 0 Å². The van der Waals surface area contributed by atoms with Crippen LogP contribution in [-0.4, -0.2) is 55.0 Å². The van der Waals surface area contributed by atoms with Crippen molar-refractivity contribution in [3.05, 3.63) is 63.5 Å². The number of nitrogens with one attached hydrogen (secondary N) is 1. The van der Waals surface area contributed by atoms with E-state index in [1.54, 1.807) is 7.05 Å². The number of pyridine rings is 1. The molecule has 0 aliphatic carbocycles. The van der Waals surface area contributed by atoms with Crippen molar-refractivity contribution in [3.8, 4) is 5.69 Å². The van der Waals surface area contributed by atoms with Crippen LogP contribution in [0.2, 0.25) is 0 Å². The van der Waals surface area contributed by atoms with Gasteiger partial charge in [-0.2, -0.15) is 0 Å². The number of nitrogens with zero attached hydrogens (tertiary/aromatic N) is 2. The number of carbonyl (C=O) groups is 1. The first-order valence-corrected chi connectivity index (χ1v) is 10.1. The molecule has 0 unspecified atom stereocenters. The normalized spacial score (nSPS) is 18.1. The molecule has 0 radical (unpaired) electrons. The molecule has 0 amide bonds. The van der Waals surface area contributed by atoms with Gasteiger partial charge >= 0.3 is 5.97 Å². The van der Waals surface area contributed by atoms with Crippen LogP contribution in [0, 0.1) is 23.3 Å². The van der Waals surface area contributed by atoms with E-state index in [0.29, 0.717) is 12.3 Å². The number of aromatic nitrogens is 1. The highest BCUT2D eigenvalue weighted by Gasteiger charge is 2.37. The number of carboxylic acids is 1. The molecule has 1 fully saturated rings. The molecule has 4 rings (SSSR count). The van der Waals surface area contributed by atoms with Crippen LogP contribution in [0.15, 0.2) is 29.2 Å². The maximum absolute atomic E-state index is 16.0. The predicted octanol–water partition coefficient (Wildman–Crippen LogP) is 2.25. The molecule has 0 spiro atoms. The minimum Gasteiger partial charge on any atom is -0.477 e. The number of benzene rings is 2. The lowest BCUT2D eigenvalue weighted by Gasteiger charge is -2.23. The number of methoxy groups -OCH3 is 1. The number of hydrogen-bond donors (Lipinski definition) is 3. The lowest BCUT2D eigenvalue weighted by atomic mass is 10.1. The summed E-state index contributed by atoms with van der Waals surface area (Å²) in [5.74, 6) is -6.33. The van der Waals surface area contributed by atoms with Crippen LogP contribution < -0.4 is 21.4 Å². The standard InChI is InChI=1S/C22H20F4N4O4/c1-28-12-7-29(8-14(12)34-2)20-16(25)18(27)15-19(17(20)26)30(6-10(21(15)31)22(32)33)13-4-3-9(23)5-11(13)24/h3-6,12,14,28H,7-8,27H2,1-2H3,(H,32,33)/t12-,14+/m0/s1. The zero-order chi connectivity index (χ0) is 24.9. The molecule has 1 aromatic heterocycles. The van der Waals surface area contributed by atoms with Crippen LogP contribution >= 0.6 is 0 Å². The van der Waals surface area contributed by atoms with E-state index in [0.717, 1.165) is 16.7 Å². The van der Waals surface area contributed by atoms with E-state index in [2.05, 4.69) is 5.32 Å². The van der Waals surface area contributed by atoms with Crippen LogP contribution in [-0.2, 0) is 4.74 Å². The average molecular weight is 480 g/mol. The molecule has 1 aliphatic heterocycles. The van der Waals surface area contributed by atoms with Gasteiger partial charge < -0.3 is 30.4 Å². The summed E-state index contributed by atoms with van der Waals surface area (Å²) < 4.78 is 65.6. The number of halogens is 4. The molecule has 180 valence electrons.